The van der Waals surface area contributed by atoms with Crippen LogP contribution in [0.2, 0.25) is 0 Å². The molecule has 2 aromatic carbocycles. The molecule has 194 valence electrons. The van der Waals surface area contributed by atoms with Crippen molar-refractivity contribution >= 4 is 34.6 Å². The van der Waals surface area contributed by atoms with Crippen molar-refractivity contribution in [2.24, 2.45) is 0 Å². The Kier molecular flexibility index (Phi) is 7.67. The number of thiocarbonyl (C=S) groups is 1. The second-order valence-electron chi connectivity index (χ2n) is 8.68. The third kappa shape index (κ3) is 5.39. The number of pyridine rings is 1. The lowest BCUT2D eigenvalue weighted by molar-refractivity contribution is -0.119. The normalized spacial score (nSPS) is 16.8. The van der Waals surface area contributed by atoms with Gasteiger partial charge in [0.15, 0.2) is 5.11 Å². The maximum absolute atomic E-state index is 11.9. The molecule has 3 heterocycles. The summed E-state index contributed by atoms with van der Waals surface area (Å²) in [6.07, 6.45) is 1.77. The Balaban J connectivity index is 1.48. The summed E-state index contributed by atoms with van der Waals surface area (Å²) in [4.78, 5) is 18.5. The van der Waals surface area contributed by atoms with Gasteiger partial charge in [0.1, 0.15) is 29.9 Å². The van der Waals surface area contributed by atoms with E-state index < -0.39 is 0 Å². The van der Waals surface area contributed by atoms with Gasteiger partial charge in [-0.2, -0.15) is 0 Å². The van der Waals surface area contributed by atoms with Gasteiger partial charge in [0.25, 0.3) is 0 Å². The molecule has 1 aliphatic heterocycles. The fraction of sp³-hybridized carbons (Fsp3) is 0.207. The van der Waals surface area contributed by atoms with Gasteiger partial charge >= 0.3 is 0 Å². The van der Waals surface area contributed by atoms with Crippen molar-refractivity contribution in [3.8, 4) is 17.1 Å². The molecule has 2 N–H and O–H groups in total. The predicted octanol–water partition coefficient (Wildman–Crippen LogP) is 5.50. The van der Waals surface area contributed by atoms with Crippen LogP contribution in [0.4, 0.5) is 11.4 Å². The van der Waals surface area contributed by atoms with E-state index in [1.807, 2.05) is 90.7 Å². The highest BCUT2D eigenvalue weighted by Crippen LogP contribution is 2.43. The van der Waals surface area contributed by atoms with Crippen molar-refractivity contribution in [3.63, 3.8) is 0 Å². The van der Waals surface area contributed by atoms with Crippen LogP contribution in [0.5, 0.6) is 5.75 Å². The number of nitrogens with one attached hydrogen (secondary N) is 2. The van der Waals surface area contributed by atoms with Gasteiger partial charge in [-0.15, -0.1) is 0 Å². The molecule has 0 saturated carbocycles. The first kappa shape index (κ1) is 25.4. The molecule has 0 radical (unpaired) electrons. The molecular weight excluding hydrogens is 500 g/mol. The molecular formula is C29H28N4O4S. The van der Waals surface area contributed by atoms with Gasteiger partial charge in [0.05, 0.1) is 18.3 Å². The third-order valence-corrected chi connectivity index (χ3v) is 6.49. The first-order valence-electron chi connectivity index (χ1n) is 12.3. The lowest BCUT2D eigenvalue weighted by Gasteiger charge is -2.26. The molecule has 8 nitrogen and oxygen atoms in total. The molecule has 2 atom stereocenters. The maximum Gasteiger partial charge on any atom is 0.250 e. The Bertz CT molecular complexity index is 1390. The molecule has 0 spiro atoms. The summed E-state index contributed by atoms with van der Waals surface area (Å²) >= 11 is 5.80. The average Bonchev–Trinajstić information content (AvgIpc) is 3.55. The molecule has 5 rings (SSSR count). The average molecular weight is 529 g/mol. The molecule has 0 unspecified atom stereocenters. The Hall–Kier alpha value is -4.21. The van der Waals surface area contributed by atoms with E-state index in [0.717, 1.165) is 34.2 Å². The topological polar surface area (TPSA) is 88.9 Å². The summed E-state index contributed by atoms with van der Waals surface area (Å²) in [5.74, 6) is 2.09. The number of hydrogen-bond acceptors (Lipinski definition) is 6. The standard InChI is InChI=1S/C29H28N4O4S/c1-3-36-22-13-7-19(8-14-22)24-15-16-25(37-24)28-27(23-6-4-5-17-30-23)32-29(38)33(28)21-11-9-20(10-12-21)31-26(34)18-35-2/h4-17,27-28H,3,18H2,1-2H3,(H,31,34)(H,32,38)/t27-,28+/m0/s1. The van der Waals surface area contributed by atoms with Crippen LogP contribution < -0.4 is 20.3 Å². The van der Waals surface area contributed by atoms with E-state index in [2.05, 4.69) is 15.6 Å². The minimum absolute atomic E-state index is 0.00903. The number of amides is 1. The van der Waals surface area contributed by atoms with Gasteiger partial charge in [-0.1, -0.05) is 6.07 Å². The Labute approximate surface area is 226 Å². The van der Waals surface area contributed by atoms with Gasteiger partial charge < -0.3 is 29.4 Å². The van der Waals surface area contributed by atoms with Crippen molar-refractivity contribution in [2.45, 2.75) is 19.0 Å². The quantitative estimate of drug-likeness (QED) is 0.275. The van der Waals surface area contributed by atoms with Crippen molar-refractivity contribution in [2.75, 3.05) is 30.5 Å². The summed E-state index contributed by atoms with van der Waals surface area (Å²) in [5.41, 5.74) is 3.33. The van der Waals surface area contributed by atoms with Crippen molar-refractivity contribution < 1.29 is 18.7 Å². The van der Waals surface area contributed by atoms with Crippen molar-refractivity contribution in [1.82, 2.24) is 10.3 Å². The van der Waals surface area contributed by atoms with Gasteiger partial charge in [0, 0.05) is 30.2 Å². The maximum atomic E-state index is 11.9. The van der Waals surface area contributed by atoms with E-state index in [4.69, 9.17) is 26.1 Å². The van der Waals surface area contributed by atoms with E-state index in [-0.39, 0.29) is 24.6 Å². The molecule has 1 saturated heterocycles. The molecule has 9 heteroatoms. The Morgan fingerprint density at radius 3 is 2.55 bits per heavy atom. The van der Waals surface area contributed by atoms with Crippen LogP contribution in [0, 0.1) is 0 Å². The summed E-state index contributed by atoms with van der Waals surface area (Å²) in [7, 11) is 1.48. The number of carbonyl (C=O) groups excluding carboxylic acids is 1. The monoisotopic (exact) mass is 528 g/mol. The first-order valence-corrected chi connectivity index (χ1v) is 12.7. The zero-order valence-corrected chi connectivity index (χ0v) is 21.9. The second kappa shape index (κ2) is 11.5. The first-order chi connectivity index (χ1) is 18.6. The SMILES string of the molecule is CCOc1ccc(-c2ccc([C@@H]3[C@H](c4ccccn4)NC(=S)N3c3ccc(NC(=O)COC)cc3)o2)cc1. The highest BCUT2D eigenvalue weighted by atomic mass is 32.1. The fourth-order valence-electron chi connectivity index (χ4n) is 4.50. The van der Waals surface area contributed by atoms with E-state index >= 15 is 0 Å². The van der Waals surface area contributed by atoms with Crippen LogP contribution in [0.15, 0.2) is 89.5 Å². The second-order valence-corrected chi connectivity index (χ2v) is 9.07. The van der Waals surface area contributed by atoms with Crippen LogP contribution in [0.25, 0.3) is 11.3 Å². The molecule has 2 aromatic heterocycles. The molecule has 38 heavy (non-hydrogen) atoms. The molecule has 4 aromatic rings. The summed E-state index contributed by atoms with van der Waals surface area (Å²) in [5, 5.41) is 6.80. The van der Waals surface area contributed by atoms with Gasteiger partial charge in [-0.25, -0.2) is 0 Å². The molecule has 1 amide bonds. The number of ether oxygens (including phenoxy) is 2. The number of nitrogens with zero attached hydrogens (tertiary/aromatic N) is 2. The molecule has 0 aliphatic carbocycles. The van der Waals surface area contributed by atoms with Crippen LogP contribution in [-0.4, -0.2) is 36.3 Å². The fourth-order valence-corrected chi connectivity index (χ4v) is 4.85. The number of rotatable bonds is 9. The lowest BCUT2D eigenvalue weighted by atomic mass is 10.0. The highest BCUT2D eigenvalue weighted by molar-refractivity contribution is 7.80. The molecule has 1 aliphatic rings. The van der Waals surface area contributed by atoms with Crippen LogP contribution in [0.1, 0.15) is 30.5 Å². The van der Waals surface area contributed by atoms with E-state index in [1.54, 1.807) is 6.20 Å². The van der Waals surface area contributed by atoms with Crippen molar-refractivity contribution in [3.05, 3.63) is 96.5 Å². The van der Waals surface area contributed by atoms with E-state index in [0.29, 0.717) is 17.4 Å². The largest absolute Gasteiger partial charge is 0.494 e. The van der Waals surface area contributed by atoms with Crippen molar-refractivity contribution in [1.29, 1.82) is 0 Å². The number of methoxy groups -OCH3 is 1. The lowest BCUT2D eigenvalue weighted by Crippen LogP contribution is -2.29. The number of benzene rings is 2. The summed E-state index contributed by atoms with van der Waals surface area (Å²) in [6, 6.07) is 24.6. The predicted molar refractivity (Wildman–Crippen MR) is 150 cm³/mol. The molecule has 0 bridgehead atoms. The third-order valence-electron chi connectivity index (χ3n) is 6.17. The minimum Gasteiger partial charge on any atom is -0.494 e. The zero-order valence-electron chi connectivity index (χ0n) is 21.1. The highest BCUT2D eigenvalue weighted by Gasteiger charge is 2.42. The number of aromatic nitrogens is 1. The van der Waals surface area contributed by atoms with E-state index in [1.165, 1.54) is 7.11 Å². The minimum atomic E-state index is -0.289. The molecule has 1 fully saturated rings. The van der Waals surface area contributed by atoms with Crippen LogP contribution >= 0.6 is 12.2 Å². The van der Waals surface area contributed by atoms with Crippen LogP contribution in [0.3, 0.4) is 0 Å². The zero-order chi connectivity index (χ0) is 26.5. The number of furan rings is 1. The Morgan fingerprint density at radius 1 is 1.08 bits per heavy atom. The van der Waals surface area contributed by atoms with Gasteiger partial charge in [0.2, 0.25) is 5.91 Å². The summed E-state index contributed by atoms with van der Waals surface area (Å²) in [6.45, 7) is 2.57. The summed E-state index contributed by atoms with van der Waals surface area (Å²) < 4.78 is 16.9. The smallest absolute Gasteiger partial charge is 0.250 e. The van der Waals surface area contributed by atoms with Crippen LogP contribution in [-0.2, 0) is 9.53 Å². The number of hydrogen-bond donors (Lipinski definition) is 2. The Morgan fingerprint density at radius 2 is 1.87 bits per heavy atom. The number of carbonyl (C=O) groups is 1. The van der Waals surface area contributed by atoms with Gasteiger partial charge in [-0.3, -0.25) is 9.78 Å². The van der Waals surface area contributed by atoms with E-state index in [9.17, 15) is 4.79 Å². The van der Waals surface area contributed by atoms with Gasteiger partial charge in [-0.05, 0) is 91.9 Å². The number of anilines is 2.